The van der Waals surface area contributed by atoms with Crippen LogP contribution >= 0.6 is 11.3 Å². The van der Waals surface area contributed by atoms with E-state index in [2.05, 4.69) is 114 Å². The molecule has 0 aliphatic heterocycles. The van der Waals surface area contributed by atoms with Crippen LogP contribution in [-0.4, -0.2) is 4.98 Å². The summed E-state index contributed by atoms with van der Waals surface area (Å²) in [7, 11) is 0. The van der Waals surface area contributed by atoms with E-state index in [0.29, 0.717) is 0 Å². The number of hydrogen-bond donors (Lipinski definition) is 0. The van der Waals surface area contributed by atoms with Crippen LogP contribution in [0.15, 0.2) is 121 Å². The quantitative estimate of drug-likeness (QED) is 0.269. The lowest BCUT2D eigenvalue weighted by molar-refractivity contribution is 1.28. The summed E-state index contributed by atoms with van der Waals surface area (Å²) in [6.07, 6.45) is 4.24. The molecule has 154 valence electrons. The minimum atomic E-state index is 0.949. The van der Waals surface area contributed by atoms with Gasteiger partial charge < -0.3 is 4.90 Å². The third-order valence-corrected chi connectivity index (χ3v) is 6.23. The zero-order valence-corrected chi connectivity index (χ0v) is 18.3. The van der Waals surface area contributed by atoms with Crippen LogP contribution in [-0.2, 0) is 0 Å². The number of hydrogen-bond acceptors (Lipinski definition) is 3. The largest absolute Gasteiger partial charge is 0.300 e. The highest BCUT2D eigenvalue weighted by molar-refractivity contribution is 7.19. The minimum Gasteiger partial charge on any atom is -0.300 e. The fourth-order valence-electron chi connectivity index (χ4n) is 3.57. The van der Waals surface area contributed by atoms with Crippen LogP contribution in [0.25, 0.3) is 22.7 Å². The first-order valence-corrected chi connectivity index (χ1v) is 11.4. The van der Waals surface area contributed by atoms with Crippen LogP contribution in [0.1, 0.15) is 11.3 Å². The molecular weight excluding hydrogens is 408 g/mol. The van der Waals surface area contributed by atoms with Crippen LogP contribution in [0.5, 0.6) is 0 Å². The van der Waals surface area contributed by atoms with Gasteiger partial charge in [0.1, 0.15) is 10.0 Å². The second-order valence-electron chi connectivity index (χ2n) is 7.33. The van der Waals surface area contributed by atoms with E-state index < -0.39 is 0 Å². The first-order valence-electron chi connectivity index (χ1n) is 10.6. The molecule has 1 aromatic heterocycles. The maximum atomic E-state index is 5.06. The number of benzene rings is 4. The Hall–Kier alpha value is -3.95. The molecule has 1 heterocycles. The summed E-state index contributed by atoms with van der Waals surface area (Å²) in [5.41, 5.74) is 5.44. The molecule has 0 spiro atoms. The molecule has 0 amide bonds. The van der Waals surface area contributed by atoms with Crippen molar-refractivity contribution >= 4 is 39.9 Å². The molecule has 0 saturated carbocycles. The molecule has 0 aliphatic carbocycles. The molecule has 0 atom stereocenters. The van der Waals surface area contributed by atoms with Gasteiger partial charge in [-0.2, -0.15) is 0 Å². The van der Waals surface area contributed by atoms with Gasteiger partial charge in [-0.25, -0.2) is 4.98 Å². The summed E-state index contributed by atoms with van der Waals surface area (Å²) < 4.78 is 0. The fourth-order valence-corrected chi connectivity index (χ4v) is 4.68. The lowest BCUT2D eigenvalue weighted by atomic mass is 10.2. The average molecular weight is 431 g/mol. The topological polar surface area (TPSA) is 16.1 Å². The van der Waals surface area contributed by atoms with Gasteiger partial charge >= 0.3 is 0 Å². The normalized spacial score (nSPS) is 11.0. The molecule has 2 nitrogen and oxygen atoms in total. The number of rotatable bonds is 6. The van der Waals surface area contributed by atoms with Crippen molar-refractivity contribution in [2.45, 2.75) is 0 Å². The lowest BCUT2D eigenvalue weighted by Crippen LogP contribution is -2.09. The van der Waals surface area contributed by atoms with Gasteiger partial charge in [0.25, 0.3) is 0 Å². The molecule has 3 heteroatoms. The lowest BCUT2D eigenvalue weighted by Gasteiger charge is -2.24. The SMILES string of the molecule is C(=C\c1nc(-c2ccccc2)sc1N(c1ccccc1)c1ccccc1)/c1ccccc1. The van der Waals surface area contributed by atoms with Crippen LogP contribution in [0.2, 0.25) is 0 Å². The van der Waals surface area contributed by atoms with Crippen molar-refractivity contribution in [2.75, 3.05) is 4.90 Å². The Labute approximate surface area is 192 Å². The zero-order valence-electron chi connectivity index (χ0n) is 17.5. The van der Waals surface area contributed by atoms with Crippen LogP contribution in [0, 0.1) is 0 Å². The molecule has 5 aromatic rings. The van der Waals surface area contributed by atoms with E-state index >= 15 is 0 Å². The molecule has 0 unspecified atom stereocenters. The molecule has 0 radical (unpaired) electrons. The van der Waals surface area contributed by atoms with Crippen molar-refractivity contribution in [3.05, 3.63) is 133 Å². The van der Waals surface area contributed by atoms with Crippen molar-refractivity contribution in [1.29, 1.82) is 0 Å². The van der Waals surface area contributed by atoms with E-state index in [1.165, 1.54) is 0 Å². The first-order chi connectivity index (χ1) is 15.9. The van der Waals surface area contributed by atoms with Gasteiger partial charge in [0, 0.05) is 16.9 Å². The van der Waals surface area contributed by atoms with Crippen molar-refractivity contribution in [3.63, 3.8) is 0 Å². The summed E-state index contributed by atoms with van der Waals surface area (Å²) in [5.74, 6) is 0. The molecule has 0 aliphatic rings. The predicted molar refractivity (Wildman–Crippen MR) is 138 cm³/mol. The standard InChI is InChI=1S/C29H22N2S/c1-5-13-23(14-6-1)21-22-27-29(32-28(30-27)24-15-7-2-8-16-24)31(25-17-9-3-10-18-25)26-19-11-4-12-20-26/h1-22H/b22-21+. The van der Waals surface area contributed by atoms with Gasteiger partial charge in [0.2, 0.25) is 0 Å². The second-order valence-corrected chi connectivity index (χ2v) is 8.30. The highest BCUT2D eigenvalue weighted by atomic mass is 32.1. The Morgan fingerprint density at radius 3 is 1.62 bits per heavy atom. The molecular formula is C29H22N2S. The number of thiazole rings is 1. The number of anilines is 3. The third kappa shape index (κ3) is 4.39. The van der Waals surface area contributed by atoms with Gasteiger partial charge in [-0.15, -0.1) is 0 Å². The third-order valence-electron chi connectivity index (χ3n) is 5.12. The van der Waals surface area contributed by atoms with Crippen LogP contribution < -0.4 is 4.90 Å². The summed E-state index contributed by atoms with van der Waals surface area (Å²) in [5, 5.41) is 2.10. The highest BCUT2D eigenvalue weighted by Crippen LogP contribution is 2.43. The van der Waals surface area contributed by atoms with E-state index in [1.54, 1.807) is 11.3 Å². The van der Waals surface area contributed by atoms with E-state index in [1.807, 2.05) is 24.3 Å². The van der Waals surface area contributed by atoms with Crippen molar-refractivity contribution in [3.8, 4) is 10.6 Å². The Bertz CT molecular complexity index is 1260. The monoisotopic (exact) mass is 430 g/mol. The van der Waals surface area contributed by atoms with Crippen molar-refractivity contribution in [1.82, 2.24) is 4.98 Å². The number of para-hydroxylation sites is 2. The van der Waals surface area contributed by atoms with Gasteiger partial charge in [-0.05, 0) is 35.9 Å². The molecule has 0 N–H and O–H groups in total. The average Bonchev–Trinajstić information content (AvgIpc) is 3.29. The Morgan fingerprint density at radius 2 is 1.06 bits per heavy atom. The molecule has 0 bridgehead atoms. The Kier molecular flexibility index (Phi) is 5.91. The van der Waals surface area contributed by atoms with Gasteiger partial charge in [0.15, 0.2) is 0 Å². The van der Waals surface area contributed by atoms with E-state index in [-0.39, 0.29) is 0 Å². The smallest absolute Gasteiger partial charge is 0.128 e. The van der Waals surface area contributed by atoms with Crippen LogP contribution in [0.3, 0.4) is 0 Å². The van der Waals surface area contributed by atoms with E-state index in [4.69, 9.17) is 4.98 Å². The first kappa shape index (κ1) is 20.0. The van der Waals surface area contributed by atoms with Crippen molar-refractivity contribution < 1.29 is 0 Å². The molecule has 0 fully saturated rings. The Balaban J connectivity index is 1.67. The summed E-state index contributed by atoms with van der Waals surface area (Å²) in [6, 6.07) is 41.7. The number of aromatic nitrogens is 1. The van der Waals surface area contributed by atoms with Gasteiger partial charge in [0.05, 0.1) is 5.69 Å². The molecule has 32 heavy (non-hydrogen) atoms. The second kappa shape index (κ2) is 9.46. The van der Waals surface area contributed by atoms with Crippen LogP contribution in [0.4, 0.5) is 16.4 Å². The highest BCUT2D eigenvalue weighted by Gasteiger charge is 2.20. The number of nitrogens with zero attached hydrogens (tertiary/aromatic N) is 2. The Morgan fingerprint density at radius 1 is 0.562 bits per heavy atom. The molecule has 4 aromatic carbocycles. The fraction of sp³-hybridized carbons (Fsp3) is 0. The minimum absolute atomic E-state index is 0.949. The predicted octanol–water partition coefficient (Wildman–Crippen LogP) is 8.45. The van der Waals surface area contributed by atoms with E-state index in [0.717, 1.165) is 38.2 Å². The molecule has 5 rings (SSSR count). The summed E-state index contributed by atoms with van der Waals surface area (Å²) in [4.78, 5) is 7.34. The van der Waals surface area contributed by atoms with E-state index in [9.17, 15) is 0 Å². The molecule has 0 saturated heterocycles. The van der Waals surface area contributed by atoms with Crippen molar-refractivity contribution in [2.24, 2.45) is 0 Å². The summed E-state index contributed by atoms with van der Waals surface area (Å²) >= 11 is 1.71. The van der Waals surface area contributed by atoms with Gasteiger partial charge in [-0.1, -0.05) is 114 Å². The summed E-state index contributed by atoms with van der Waals surface area (Å²) in [6.45, 7) is 0. The van der Waals surface area contributed by atoms with Gasteiger partial charge in [-0.3, -0.25) is 0 Å². The maximum Gasteiger partial charge on any atom is 0.128 e. The zero-order chi connectivity index (χ0) is 21.6. The maximum absolute atomic E-state index is 5.06.